The van der Waals surface area contributed by atoms with Crippen molar-refractivity contribution < 1.29 is 4.79 Å². The van der Waals surface area contributed by atoms with Gasteiger partial charge in [-0.2, -0.15) is 0 Å². The summed E-state index contributed by atoms with van der Waals surface area (Å²) < 4.78 is 0. The van der Waals surface area contributed by atoms with Crippen LogP contribution in [-0.4, -0.2) is 51.0 Å². The summed E-state index contributed by atoms with van der Waals surface area (Å²) in [5.41, 5.74) is 2.31. The van der Waals surface area contributed by atoms with E-state index in [0.717, 1.165) is 44.6 Å². The Morgan fingerprint density at radius 2 is 1.96 bits per heavy atom. The van der Waals surface area contributed by atoms with E-state index in [1.54, 1.807) is 4.90 Å². The van der Waals surface area contributed by atoms with E-state index in [2.05, 4.69) is 39.5 Å². The van der Waals surface area contributed by atoms with Gasteiger partial charge in [0.1, 0.15) is 0 Å². The molecule has 25 heavy (non-hydrogen) atoms. The maximum absolute atomic E-state index is 12.7. The molecular weight excluding hydrogens is 427 g/mol. The molecule has 1 aromatic rings. The molecular formula is C19H29IN4O. The molecule has 0 atom stereocenters. The molecule has 5 nitrogen and oxygen atoms in total. The first-order valence-electron chi connectivity index (χ1n) is 8.85. The van der Waals surface area contributed by atoms with E-state index in [4.69, 9.17) is 0 Å². The quantitative estimate of drug-likeness (QED) is 0.433. The molecule has 1 heterocycles. The summed E-state index contributed by atoms with van der Waals surface area (Å²) in [5.74, 6) is 1.11. The molecule has 0 unspecified atom stereocenters. The molecule has 0 saturated heterocycles. The van der Waals surface area contributed by atoms with Crippen molar-refractivity contribution in [3.63, 3.8) is 0 Å². The minimum Gasteiger partial charge on any atom is -0.355 e. The number of nitrogens with zero attached hydrogens (tertiary/aromatic N) is 3. The van der Waals surface area contributed by atoms with Crippen LogP contribution in [0.2, 0.25) is 0 Å². The monoisotopic (exact) mass is 456 g/mol. The number of hydrogen-bond donors (Lipinski definition) is 1. The summed E-state index contributed by atoms with van der Waals surface area (Å²) in [6.45, 7) is 1.60. The van der Waals surface area contributed by atoms with E-state index in [-0.39, 0.29) is 35.3 Å². The first-order chi connectivity index (χ1) is 11.6. The number of anilines is 1. The predicted octanol–water partition coefficient (Wildman–Crippen LogP) is 2.89. The van der Waals surface area contributed by atoms with E-state index in [1.165, 1.54) is 11.3 Å². The highest BCUT2D eigenvalue weighted by molar-refractivity contribution is 14.0. The Bertz CT molecular complexity index is 638. The Morgan fingerprint density at radius 3 is 2.60 bits per heavy atom. The lowest BCUT2D eigenvalue weighted by Gasteiger charge is -2.32. The zero-order valence-electron chi connectivity index (χ0n) is 15.4. The number of aliphatic imine (C=N–C) groups is 1. The average molecular weight is 456 g/mol. The number of benzene rings is 1. The smallest absolute Gasteiger partial charge is 0.230 e. The summed E-state index contributed by atoms with van der Waals surface area (Å²) in [6.07, 6.45) is 5.23. The third-order valence-electron chi connectivity index (χ3n) is 5.36. The SMILES string of the molecule is CN=C(NCC1(C(=O)N(C)C)CCCC1)N1CCc2ccccc21.I. The Labute approximate surface area is 167 Å². The number of hydrogen-bond acceptors (Lipinski definition) is 2. The molecule has 1 aliphatic carbocycles. The van der Waals surface area contributed by atoms with Gasteiger partial charge in [0, 0.05) is 39.9 Å². The van der Waals surface area contributed by atoms with Crippen molar-refractivity contribution in [1.29, 1.82) is 0 Å². The highest BCUT2D eigenvalue weighted by atomic mass is 127. The van der Waals surface area contributed by atoms with Gasteiger partial charge in [-0.1, -0.05) is 31.0 Å². The molecule has 3 rings (SSSR count). The van der Waals surface area contributed by atoms with Gasteiger partial charge in [0.2, 0.25) is 5.91 Å². The molecule has 1 aromatic carbocycles. The van der Waals surface area contributed by atoms with Gasteiger partial charge >= 0.3 is 0 Å². The lowest BCUT2D eigenvalue weighted by molar-refractivity contribution is -0.138. The normalized spacial score (nSPS) is 18.5. The molecule has 1 aliphatic heterocycles. The van der Waals surface area contributed by atoms with Crippen LogP contribution in [0.25, 0.3) is 0 Å². The molecule has 1 amide bonds. The standard InChI is InChI=1S/C19H28N4O.HI/c1-20-18(23-13-10-15-8-4-5-9-16(15)23)21-14-19(11-6-7-12-19)17(24)22(2)3;/h4-5,8-9H,6-7,10-14H2,1-3H3,(H,20,21);1H. The van der Waals surface area contributed by atoms with Gasteiger partial charge in [-0.3, -0.25) is 9.79 Å². The first kappa shape index (κ1) is 20.0. The van der Waals surface area contributed by atoms with Crippen molar-refractivity contribution in [3.05, 3.63) is 29.8 Å². The molecule has 0 spiro atoms. The highest BCUT2D eigenvalue weighted by Crippen LogP contribution is 2.39. The zero-order valence-corrected chi connectivity index (χ0v) is 17.7. The molecule has 0 bridgehead atoms. The van der Waals surface area contributed by atoms with Crippen molar-refractivity contribution in [1.82, 2.24) is 10.2 Å². The van der Waals surface area contributed by atoms with Crippen molar-refractivity contribution in [2.24, 2.45) is 10.4 Å². The van der Waals surface area contributed by atoms with E-state index < -0.39 is 0 Å². The Kier molecular flexibility index (Phi) is 6.71. The van der Waals surface area contributed by atoms with Gasteiger partial charge < -0.3 is 15.1 Å². The van der Waals surface area contributed by atoms with Crippen LogP contribution in [-0.2, 0) is 11.2 Å². The lowest BCUT2D eigenvalue weighted by atomic mass is 9.84. The molecule has 2 aliphatic rings. The maximum Gasteiger partial charge on any atom is 0.230 e. The zero-order chi connectivity index (χ0) is 17.2. The number of nitrogens with one attached hydrogen (secondary N) is 1. The second-order valence-electron chi connectivity index (χ2n) is 7.12. The van der Waals surface area contributed by atoms with Gasteiger partial charge in [-0.05, 0) is 30.9 Å². The van der Waals surface area contributed by atoms with Crippen LogP contribution in [0.3, 0.4) is 0 Å². The van der Waals surface area contributed by atoms with Gasteiger partial charge in [0.25, 0.3) is 0 Å². The average Bonchev–Trinajstić information content (AvgIpc) is 3.23. The van der Waals surface area contributed by atoms with E-state index in [0.29, 0.717) is 6.54 Å². The van der Waals surface area contributed by atoms with Gasteiger partial charge in [-0.15, -0.1) is 24.0 Å². The third-order valence-corrected chi connectivity index (χ3v) is 5.36. The summed E-state index contributed by atoms with van der Waals surface area (Å²) in [4.78, 5) is 21.2. The fourth-order valence-electron chi connectivity index (χ4n) is 4.09. The number of rotatable bonds is 3. The highest BCUT2D eigenvalue weighted by Gasteiger charge is 2.42. The third kappa shape index (κ3) is 3.93. The summed E-state index contributed by atoms with van der Waals surface area (Å²) >= 11 is 0. The molecule has 1 fully saturated rings. The number of fused-ring (bicyclic) bond motifs is 1. The van der Waals surface area contributed by atoms with Crippen molar-refractivity contribution in [2.75, 3.05) is 39.1 Å². The van der Waals surface area contributed by atoms with Crippen molar-refractivity contribution >= 4 is 41.5 Å². The first-order valence-corrected chi connectivity index (χ1v) is 8.85. The van der Waals surface area contributed by atoms with Crippen LogP contribution in [0.5, 0.6) is 0 Å². The number of amides is 1. The van der Waals surface area contributed by atoms with Crippen LogP contribution >= 0.6 is 24.0 Å². The van der Waals surface area contributed by atoms with Crippen molar-refractivity contribution in [2.45, 2.75) is 32.1 Å². The van der Waals surface area contributed by atoms with Crippen molar-refractivity contribution in [3.8, 4) is 0 Å². The fourth-order valence-corrected chi connectivity index (χ4v) is 4.09. The van der Waals surface area contributed by atoms with Gasteiger partial charge in [0.05, 0.1) is 5.41 Å². The Balaban J connectivity index is 0.00000225. The lowest BCUT2D eigenvalue weighted by Crippen LogP contribution is -2.50. The van der Waals surface area contributed by atoms with Crippen LogP contribution in [0.1, 0.15) is 31.2 Å². The molecule has 1 N–H and O–H groups in total. The van der Waals surface area contributed by atoms with E-state index in [1.807, 2.05) is 21.1 Å². The Morgan fingerprint density at radius 1 is 1.28 bits per heavy atom. The fraction of sp³-hybridized carbons (Fsp3) is 0.579. The molecule has 138 valence electrons. The summed E-state index contributed by atoms with van der Waals surface area (Å²) in [6, 6.07) is 8.47. The number of guanidine groups is 1. The van der Waals surface area contributed by atoms with E-state index >= 15 is 0 Å². The Hall–Kier alpha value is -1.31. The van der Waals surface area contributed by atoms with E-state index in [9.17, 15) is 4.79 Å². The number of para-hydroxylation sites is 1. The topological polar surface area (TPSA) is 47.9 Å². The predicted molar refractivity (Wildman–Crippen MR) is 114 cm³/mol. The van der Waals surface area contributed by atoms with Crippen LogP contribution in [0, 0.1) is 5.41 Å². The molecule has 6 heteroatoms. The second kappa shape index (κ2) is 8.38. The van der Waals surface area contributed by atoms with Gasteiger partial charge in [0.15, 0.2) is 5.96 Å². The van der Waals surface area contributed by atoms with Crippen LogP contribution in [0.4, 0.5) is 5.69 Å². The largest absolute Gasteiger partial charge is 0.355 e. The maximum atomic E-state index is 12.7. The van der Waals surface area contributed by atoms with Crippen LogP contribution < -0.4 is 10.2 Å². The second-order valence-corrected chi connectivity index (χ2v) is 7.12. The molecule has 1 saturated carbocycles. The number of carbonyl (C=O) groups is 1. The molecule has 0 aromatic heterocycles. The number of halogens is 1. The van der Waals surface area contributed by atoms with Gasteiger partial charge in [-0.25, -0.2) is 0 Å². The summed E-state index contributed by atoms with van der Waals surface area (Å²) in [5, 5.41) is 3.50. The summed E-state index contributed by atoms with van der Waals surface area (Å²) in [7, 11) is 5.53. The van der Waals surface area contributed by atoms with Crippen LogP contribution in [0.15, 0.2) is 29.3 Å². The number of carbonyl (C=O) groups excluding carboxylic acids is 1. The minimum absolute atomic E-state index is 0. The molecule has 0 radical (unpaired) electrons. The minimum atomic E-state index is -0.279.